The first-order valence-electron chi connectivity index (χ1n) is 12.0. The summed E-state index contributed by atoms with van der Waals surface area (Å²) < 4.78 is 25.1. The topological polar surface area (TPSA) is 87.1 Å². The fourth-order valence-corrected chi connectivity index (χ4v) is 4.37. The zero-order valence-corrected chi connectivity index (χ0v) is 20.6. The number of amides is 3. The Kier molecular flexibility index (Phi) is 6.68. The number of urea groups is 1. The van der Waals surface area contributed by atoms with Gasteiger partial charge in [-0.2, -0.15) is 0 Å². The van der Waals surface area contributed by atoms with E-state index < -0.39 is 11.8 Å². The number of aryl methyl sites for hydroxylation is 1. The molecule has 0 bridgehead atoms. The number of fused-ring (bicyclic) bond motifs is 1. The molecule has 190 valence electrons. The summed E-state index contributed by atoms with van der Waals surface area (Å²) >= 11 is 0. The summed E-state index contributed by atoms with van der Waals surface area (Å²) in [4.78, 5) is 30.2. The summed E-state index contributed by atoms with van der Waals surface area (Å²) in [6.07, 6.45) is 0. The number of methoxy groups -OCH3 is 1. The first-order valence-corrected chi connectivity index (χ1v) is 12.0. The van der Waals surface area contributed by atoms with Crippen LogP contribution in [0, 0.1) is 12.7 Å². The molecule has 0 saturated carbocycles. The fraction of sp³-hybridized carbons (Fsp3) is 0.214. The molecule has 1 aliphatic rings. The highest BCUT2D eigenvalue weighted by Gasteiger charge is 2.29. The van der Waals surface area contributed by atoms with Crippen molar-refractivity contribution in [3.05, 3.63) is 83.9 Å². The SMILES string of the molecule is COc1ccc(N2CCN(C(=O)c3oc4ccccc4c3NC(=O)Nc3ccc(C)c(F)c3)CC2)cc1. The third-order valence-electron chi connectivity index (χ3n) is 6.46. The minimum absolute atomic E-state index is 0.0596. The summed E-state index contributed by atoms with van der Waals surface area (Å²) in [7, 11) is 1.63. The zero-order chi connectivity index (χ0) is 25.9. The van der Waals surface area contributed by atoms with E-state index in [0.717, 1.165) is 11.4 Å². The standard InChI is InChI=1S/C28H27FN4O4/c1-18-7-8-19(17-23(18)29)30-28(35)31-25-22-5-3-4-6-24(22)37-26(25)27(34)33-15-13-32(14-16-33)20-9-11-21(36-2)12-10-20/h3-12,17H,13-16H2,1-2H3,(H2,30,31,35). The molecule has 3 amide bonds. The van der Waals surface area contributed by atoms with Crippen molar-refractivity contribution in [1.82, 2.24) is 4.90 Å². The van der Waals surface area contributed by atoms with Crippen molar-refractivity contribution in [2.45, 2.75) is 6.92 Å². The number of para-hydroxylation sites is 1. The number of carbonyl (C=O) groups excluding carboxylic acids is 2. The van der Waals surface area contributed by atoms with Crippen LogP contribution in [-0.2, 0) is 0 Å². The van der Waals surface area contributed by atoms with Gasteiger partial charge in [0.25, 0.3) is 5.91 Å². The average Bonchev–Trinajstić information content (AvgIpc) is 3.28. The first kappa shape index (κ1) is 24.2. The van der Waals surface area contributed by atoms with Gasteiger partial charge in [-0.25, -0.2) is 9.18 Å². The Hall–Kier alpha value is -4.53. The number of benzene rings is 3. The molecule has 0 aliphatic carbocycles. The number of anilines is 3. The van der Waals surface area contributed by atoms with Crippen LogP contribution in [-0.4, -0.2) is 50.1 Å². The molecule has 2 heterocycles. The molecule has 1 aromatic heterocycles. The number of rotatable bonds is 5. The van der Waals surface area contributed by atoms with Crippen molar-refractivity contribution in [2.75, 3.05) is 48.8 Å². The van der Waals surface area contributed by atoms with E-state index >= 15 is 0 Å². The number of furan rings is 1. The van der Waals surface area contributed by atoms with Crippen LogP contribution < -0.4 is 20.3 Å². The highest BCUT2D eigenvalue weighted by atomic mass is 19.1. The molecule has 37 heavy (non-hydrogen) atoms. The Morgan fingerprint density at radius 3 is 2.38 bits per heavy atom. The van der Waals surface area contributed by atoms with Crippen molar-refractivity contribution in [1.29, 1.82) is 0 Å². The molecule has 3 aromatic carbocycles. The van der Waals surface area contributed by atoms with Gasteiger partial charge < -0.3 is 29.6 Å². The van der Waals surface area contributed by atoms with E-state index in [1.807, 2.05) is 24.3 Å². The average molecular weight is 503 g/mol. The monoisotopic (exact) mass is 502 g/mol. The normalized spacial score (nSPS) is 13.5. The van der Waals surface area contributed by atoms with Gasteiger partial charge in [-0.15, -0.1) is 0 Å². The minimum Gasteiger partial charge on any atom is -0.497 e. The lowest BCUT2D eigenvalue weighted by Gasteiger charge is -2.35. The van der Waals surface area contributed by atoms with Gasteiger partial charge in [0.1, 0.15) is 22.8 Å². The Balaban J connectivity index is 1.32. The molecule has 1 fully saturated rings. The third-order valence-corrected chi connectivity index (χ3v) is 6.46. The van der Waals surface area contributed by atoms with Crippen LogP contribution in [0.15, 0.2) is 71.1 Å². The van der Waals surface area contributed by atoms with E-state index in [-0.39, 0.29) is 17.4 Å². The van der Waals surface area contributed by atoms with Crippen LogP contribution >= 0.6 is 0 Å². The quantitative estimate of drug-likeness (QED) is 0.377. The Labute approximate surface area is 213 Å². The Morgan fingerprint density at radius 2 is 1.68 bits per heavy atom. The molecule has 0 unspecified atom stereocenters. The maximum Gasteiger partial charge on any atom is 0.323 e. The highest BCUT2D eigenvalue weighted by molar-refractivity contribution is 6.12. The van der Waals surface area contributed by atoms with Crippen molar-refractivity contribution < 1.29 is 23.1 Å². The molecular weight excluding hydrogens is 475 g/mol. The number of halogens is 1. The molecule has 4 aromatic rings. The van der Waals surface area contributed by atoms with Crippen molar-refractivity contribution in [2.24, 2.45) is 0 Å². The summed E-state index contributed by atoms with van der Waals surface area (Å²) in [5.74, 6) is 0.127. The lowest BCUT2D eigenvalue weighted by molar-refractivity contribution is 0.0718. The van der Waals surface area contributed by atoms with Crippen molar-refractivity contribution in [3.8, 4) is 5.75 Å². The van der Waals surface area contributed by atoms with Gasteiger partial charge in [-0.3, -0.25) is 4.79 Å². The van der Waals surface area contributed by atoms with Gasteiger partial charge in [0, 0.05) is 42.9 Å². The lowest BCUT2D eigenvalue weighted by Crippen LogP contribution is -2.48. The largest absolute Gasteiger partial charge is 0.497 e. The maximum absolute atomic E-state index is 13.9. The van der Waals surface area contributed by atoms with Crippen molar-refractivity contribution in [3.63, 3.8) is 0 Å². The van der Waals surface area contributed by atoms with E-state index in [2.05, 4.69) is 15.5 Å². The smallest absolute Gasteiger partial charge is 0.323 e. The Bertz CT molecular complexity index is 1440. The minimum atomic E-state index is -0.604. The highest BCUT2D eigenvalue weighted by Crippen LogP contribution is 2.32. The van der Waals surface area contributed by atoms with E-state index in [1.165, 1.54) is 6.07 Å². The molecule has 1 saturated heterocycles. The van der Waals surface area contributed by atoms with Crippen LogP contribution in [0.4, 0.5) is 26.2 Å². The number of carbonyl (C=O) groups is 2. The predicted molar refractivity (Wildman–Crippen MR) is 141 cm³/mol. The summed E-state index contributed by atoms with van der Waals surface area (Å²) in [6, 6.07) is 18.8. The summed E-state index contributed by atoms with van der Waals surface area (Å²) in [6.45, 7) is 3.94. The van der Waals surface area contributed by atoms with E-state index in [9.17, 15) is 14.0 Å². The van der Waals surface area contributed by atoms with Crippen LogP contribution in [0.3, 0.4) is 0 Å². The van der Waals surface area contributed by atoms with Gasteiger partial charge in [0.05, 0.1) is 7.11 Å². The summed E-state index contributed by atoms with van der Waals surface area (Å²) in [5.41, 5.74) is 2.61. The van der Waals surface area contributed by atoms with Gasteiger partial charge in [0.15, 0.2) is 0 Å². The first-order chi connectivity index (χ1) is 17.9. The third kappa shape index (κ3) is 5.06. The lowest BCUT2D eigenvalue weighted by atomic mass is 10.2. The van der Waals surface area contributed by atoms with Crippen LogP contribution in [0.1, 0.15) is 16.1 Å². The molecule has 8 nitrogen and oxygen atoms in total. The molecule has 0 atom stereocenters. The zero-order valence-electron chi connectivity index (χ0n) is 20.6. The summed E-state index contributed by atoms with van der Waals surface area (Å²) in [5, 5.41) is 5.97. The van der Waals surface area contributed by atoms with Gasteiger partial charge in [-0.05, 0) is 61.0 Å². The van der Waals surface area contributed by atoms with Crippen LogP contribution in [0.5, 0.6) is 5.75 Å². The van der Waals surface area contributed by atoms with Gasteiger partial charge >= 0.3 is 6.03 Å². The van der Waals surface area contributed by atoms with E-state index in [1.54, 1.807) is 55.3 Å². The van der Waals surface area contributed by atoms with Gasteiger partial charge in [0.2, 0.25) is 5.76 Å². The molecule has 2 N–H and O–H groups in total. The Morgan fingerprint density at radius 1 is 0.946 bits per heavy atom. The maximum atomic E-state index is 13.9. The van der Waals surface area contributed by atoms with Crippen LogP contribution in [0.2, 0.25) is 0 Å². The fourth-order valence-electron chi connectivity index (χ4n) is 4.37. The molecule has 5 rings (SSSR count). The number of ether oxygens (including phenoxy) is 1. The number of nitrogens with one attached hydrogen (secondary N) is 2. The second kappa shape index (κ2) is 10.2. The number of hydrogen-bond acceptors (Lipinski definition) is 5. The molecule has 0 radical (unpaired) electrons. The molecule has 9 heteroatoms. The second-order valence-electron chi connectivity index (χ2n) is 8.82. The molecular formula is C28H27FN4O4. The van der Waals surface area contributed by atoms with Gasteiger partial charge in [-0.1, -0.05) is 18.2 Å². The molecule has 1 aliphatic heterocycles. The number of nitrogens with zero attached hydrogens (tertiary/aromatic N) is 2. The molecule has 0 spiro atoms. The second-order valence-corrected chi connectivity index (χ2v) is 8.82. The van der Waals surface area contributed by atoms with E-state index in [4.69, 9.17) is 9.15 Å². The number of hydrogen-bond donors (Lipinski definition) is 2. The predicted octanol–water partition coefficient (Wildman–Crippen LogP) is 5.50. The van der Waals surface area contributed by atoms with Crippen molar-refractivity contribution >= 4 is 40.0 Å². The van der Waals surface area contributed by atoms with E-state index in [0.29, 0.717) is 48.4 Å². The number of piperazine rings is 1. The van der Waals surface area contributed by atoms with Crippen LogP contribution in [0.25, 0.3) is 11.0 Å².